The first-order chi connectivity index (χ1) is 8.58. The van der Waals surface area contributed by atoms with Gasteiger partial charge >= 0.3 is 5.97 Å². The summed E-state index contributed by atoms with van der Waals surface area (Å²) in [7, 11) is 0. The van der Waals surface area contributed by atoms with Gasteiger partial charge in [-0.25, -0.2) is 4.79 Å². The molecule has 0 aromatic carbocycles. The lowest BCUT2D eigenvalue weighted by atomic mass is 10.2. The Labute approximate surface area is 111 Å². The number of esters is 1. The van der Waals surface area contributed by atoms with E-state index in [1.807, 2.05) is 6.92 Å². The molecule has 1 aromatic heterocycles. The maximum Gasteiger partial charge on any atom is 0.341 e. The number of rotatable bonds is 6. The molecular formula is C13H17NO3S. The van der Waals surface area contributed by atoms with Crippen molar-refractivity contribution in [3.8, 4) is 0 Å². The molecule has 1 amide bonds. The molecule has 0 fully saturated rings. The molecule has 0 bridgehead atoms. The molecule has 1 aromatic rings. The molecule has 0 aliphatic carbocycles. The lowest BCUT2D eigenvalue weighted by Crippen LogP contribution is -2.13. The van der Waals surface area contributed by atoms with Gasteiger partial charge in [0.1, 0.15) is 5.00 Å². The normalized spacial score (nSPS) is 9.89. The second-order valence-corrected chi connectivity index (χ2v) is 4.95. The minimum Gasteiger partial charge on any atom is -0.462 e. The predicted molar refractivity (Wildman–Crippen MR) is 73.1 cm³/mol. The van der Waals surface area contributed by atoms with Gasteiger partial charge in [-0.1, -0.05) is 6.08 Å². The van der Waals surface area contributed by atoms with Crippen molar-refractivity contribution >= 4 is 28.2 Å². The molecule has 1 rings (SSSR count). The van der Waals surface area contributed by atoms with Crippen LogP contribution in [0.5, 0.6) is 0 Å². The fourth-order valence-corrected chi connectivity index (χ4v) is 2.31. The van der Waals surface area contributed by atoms with Crippen molar-refractivity contribution in [2.45, 2.75) is 26.7 Å². The van der Waals surface area contributed by atoms with Crippen LogP contribution in [0.2, 0.25) is 0 Å². The number of anilines is 1. The van der Waals surface area contributed by atoms with Gasteiger partial charge < -0.3 is 10.1 Å². The fourth-order valence-electron chi connectivity index (χ4n) is 1.39. The zero-order chi connectivity index (χ0) is 13.5. The Morgan fingerprint density at radius 3 is 2.89 bits per heavy atom. The second kappa shape index (κ2) is 6.96. The van der Waals surface area contributed by atoms with Crippen molar-refractivity contribution < 1.29 is 14.3 Å². The van der Waals surface area contributed by atoms with E-state index in [0.29, 0.717) is 30.0 Å². The number of carbonyl (C=O) groups excluding carboxylic acids is 2. The largest absolute Gasteiger partial charge is 0.462 e. The molecule has 0 radical (unpaired) electrons. The Balaban J connectivity index is 2.78. The number of hydrogen-bond acceptors (Lipinski definition) is 4. The van der Waals surface area contributed by atoms with Crippen molar-refractivity contribution in [2.24, 2.45) is 0 Å². The van der Waals surface area contributed by atoms with Crippen molar-refractivity contribution in [1.29, 1.82) is 0 Å². The number of amides is 1. The van der Waals surface area contributed by atoms with E-state index < -0.39 is 5.97 Å². The Morgan fingerprint density at radius 1 is 1.56 bits per heavy atom. The van der Waals surface area contributed by atoms with Crippen LogP contribution in [-0.2, 0) is 9.53 Å². The summed E-state index contributed by atoms with van der Waals surface area (Å²) in [6.45, 7) is 7.51. The minimum atomic E-state index is -0.402. The van der Waals surface area contributed by atoms with Gasteiger partial charge in [-0.3, -0.25) is 4.79 Å². The third kappa shape index (κ3) is 4.00. The maximum atomic E-state index is 11.7. The first kappa shape index (κ1) is 14.4. The van der Waals surface area contributed by atoms with E-state index in [1.54, 1.807) is 19.1 Å². The van der Waals surface area contributed by atoms with E-state index in [9.17, 15) is 9.59 Å². The van der Waals surface area contributed by atoms with Gasteiger partial charge in [0.15, 0.2) is 0 Å². The van der Waals surface area contributed by atoms with Crippen molar-refractivity contribution in [2.75, 3.05) is 11.9 Å². The predicted octanol–water partition coefficient (Wildman–Crippen LogP) is 3.14. The summed E-state index contributed by atoms with van der Waals surface area (Å²) in [6.07, 6.45) is 2.67. The molecule has 5 heteroatoms. The van der Waals surface area contributed by atoms with Crippen LogP contribution in [0.1, 0.15) is 35.0 Å². The Bertz CT molecular complexity index is 451. The van der Waals surface area contributed by atoms with Gasteiger partial charge in [-0.15, -0.1) is 17.9 Å². The first-order valence-electron chi connectivity index (χ1n) is 5.76. The van der Waals surface area contributed by atoms with Crippen molar-refractivity contribution in [3.63, 3.8) is 0 Å². The van der Waals surface area contributed by atoms with E-state index in [2.05, 4.69) is 11.9 Å². The summed E-state index contributed by atoms with van der Waals surface area (Å²) in [4.78, 5) is 24.3. The fraction of sp³-hybridized carbons (Fsp3) is 0.385. The quantitative estimate of drug-likeness (QED) is 0.636. The van der Waals surface area contributed by atoms with Crippen LogP contribution >= 0.6 is 11.3 Å². The molecule has 0 aliphatic rings. The van der Waals surface area contributed by atoms with E-state index in [4.69, 9.17) is 4.74 Å². The molecule has 0 atom stereocenters. The standard InChI is InChI=1S/C13H17NO3S/c1-4-6-7-11(15)14-12-10(8-9(3)18-12)13(16)17-5-2/h4,8H,1,5-7H2,2-3H3,(H,14,15). The monoisotopic (exact) mass is 267 g/mol. The van der Waals surface area contributed by atoms with E-state index >= 15 is 0 Å². The number of aryl methyl sites for hydroxylation is 1. The third-order valence-electron chi connectivity index (χ3n) is 2.18. The van der Waals surface area contributed by atoms with Crippen LogP contribution in [0.15, 0.2) is 18.7 Å². The summed E-state index contributed by atoms with van der Waals surface area (Å²) in [5.41, 5.74) is 0.423. The highest BCUT2D eigenvalue weighted by Gasteiger charge is 2.17. The van der Waals surface area contributed by atoms with Crippen LogP contribution in [0, 0.1) is 6.92 Å². The van der Waals surface area contributed by atoms with Crippen molar-refractivity contribution in [3.05, 3.63) is 29.2 Å². The summed E-state index contributed by atoms with van der Waals surface area (Å²) in [6, 6.07) is 1.73. The number of hydrogen-bond donors (Lipinski definition) is 1. The molecule has 1 N–H and O–H groups in total. The zero-order valence-electron chi connectivity index (χ0n) is 10.6. The van der Waals surface area contributed by atoms with Crippen LogP contribution in [0.3, 0.4) is 0 Å². The SMILES string of the molecule is C=CCCC(=O)Nc1sc(C)cc1C(=O)OCC. The van der Waals surface area contributed by atoms with Crippen LogP contribution in [0.4, 0.5) is 5.00 Å². The van der Waals surface area contributed by atoms with Crippen LogP contribution < -0.4 is 5.32 Å². The molecule has 0 spiro atoms. The Kier molecular flexibility index (Phi) is 5.58. The van der Waals surface area contributed by atoms with Gasteiger partial charge in [0.05, 0.1) is 12.2 Å². The number of thiophene rings is 1. The van der Waals surface area contributed by atoms with E-state index in [-0.39, 0.29) is 5.91 Å². The molecule has 18 heavy (non-hydrogen) atoms. The molecule has 4 nitrogen and oxygen atoms in total. The summed E-state index contributed by atoms with van der Waals surface area (Å²) < 4.78 is 4.94. The summed E-state index contributed by atoms with van der Waals surface area (Å²) >= 11 is 1.37. The molecule has 0 unspecified atom stereocenters. The lowest BCUT2D eigenvalue weighted by molar-refractivity contribution is -0.116. The summed E-state index contributed by atoms with van der Waals surface area (Å²) in [5.74, 6) is -0.525. The Morgan fingerprint density at radius 2 is 2.28 bits per heavy atom. The first-order valence-corrected chi connectivity index (χ1v) is 6.58. The third-order valence-corrected chi connectivity index (χ3v) is 3.15. The number of ether oxygens (including phenoxy) is 1. The second-order valence-electron chi connectivity index (χ2n) is 3.70. The molecule has 0 saturated carbocycles. The number of nitrogens with one attached hydrogen (secondary N) is 1. The highest BCUT2D eigenvalue weighted by molar-refractivity contribution is 7.16. The van der Waals surface area contributed by atoms with Gasteiger partial charge in [0.25, 0.3) is 0 Å². The van der Waals surface area contributed by atoms with Gasteiger partial charge in [-0.2, -0.15) is 0 Å². The highest BCUT2D eigenvalue weighted by Crippen LogP contribution is 2.28. The summed E-state index contributed by atoms with van der Waals surface area (Å²) in [5, 5.41) is 3.29. The van der Waals surface area contributed by atoms with Crippen molar-refractivity contribution in [1.82, 2.24) is 0 Å². The van der Waals surface area contributed by atoms with Gasteiger partial charge in [0, 0.05) is 11.3 Å². The van der Waals surface area contributed by atoms with Crippen LogP contribution in [0.25, 0.3) is 0 Å². The zero-order valence-corrected chi connectivity index (χ0v) is 11.4. The molecule has 0 saturated heterocycles. The minimum absolute atomic E-state index is 0.123. The molecule has 98 valence electrons. The topological polar surface area (TPSA) is 55.4 Å². The average Bonchev–Trinajstić information content (AvgIpc) is 2.68. The van der Waals surface area contributed by atoms with E-state index in [1.165, 1.54) is 11.3 Å². The number of allylic oxidation sites excluding steroid dienone is 1. The maximum absolute atomic E-state index is 11.7. The lowest BCUT2D eigenvalue weighted by Gasteiger charge is -2.05. The smallest absolute Gasteiger partial charge is 0.341 e. The van der Waals surface area contributed by atoms with Gasteiger partial charge in [0.2, 0.25) is 5.91 Å². The molecule has 1 heterocycles. The number of carbonyl (C=O) groups is 2. The van der Waals surface area contributed by atoms with E-state index in [0.717, 1.165) is 4.88 Å². The molecular weight excluding hydrogens is 250 g/mol. The van der Waals surface area contributed by atoms with Gasteiger partial charge in [-0.05, 0) is 26.3 Å². The molecule has 0 aliphatic heterocycles. The Hall–Kier alpha value is -1.62. The average molecular weight is 267 g/mol. The highest BCUT2D eigenvalue weighted by atomic mass is 32.1. The van der Waals surface area contributed by atoms with Crippen LogP contribution in [-0.4, -0.2) is 18.5 Å².